The normalized spacial score (nSPS) is 10.9. The molecule has 0 radical (unpaired) electrons. The second kappa shape index (κ2) is 19.4. The molecule has 4 aromatic rings. The van der Waals surface area contributed by atoms with Gasteiger partial charge in [-0.2, -0.15) is 0 Å². The Balaban J connectivity index is 1.60. The molecule has 238 valence electrons. The number of rotatable bonds is 20. The van der Waals surface area contributed by atoms with Crippen LogP contribution in [0.3, 0.4) is 0 Å². The first-order chi connectivity index (χ1) is 22.2. The van der Waals surface area contributed by atoms with Crippen molar-refractivity contribution in [2.45, 2.75) is 90.9 Å². The van der Waals surface area contributed by atoms with Gasteiger partial charge in [-0.1, -0.05) is 145 Å². The molecule has 0 fully saturated rings. The summed E-state index contributed by atoms with van der Waals surface area (Å²) in [7, 11) is 0. The Hall–Kier alpha value is -3.98. The third-order valence-electron chi connectivity index (χ3n) is 8.29. The molecular weight excluding hydrogens is 552 g/mol. The summed E-state index contributed by atoms with van der Waals surface area (Å²) in [5.74, 6) is 2.05. The van der Waals surface area contributed by atoms with Gasteiger partial charge in [0.1, 0.15) is 17.2 Å². The molecule has 1 N–H and O–H groups in total. The molecule has 3 heteroatoms. The van der Waals surface area contributed by atoms with Gasteiger partial charge in [0, 0.05) is 0 Å². The minimum absolute atomic E-state index is 0.256. The smallest absolute Gasteiger partial charge is 0.119 e. The minimum Gasteiger partial charge on any atom is -0.508 e. The van der Waals surface area contributed by atoms with E-state index < -0.39 is 0 Å². The molecule has 0 saturated carbocycles. The minimum atomic E-state index is 0.256. The van der Waals surface area contributed by atoms with Crippen molar-refractivity contribution in [2.24, 2.45) is 0 Å². The maximum atomic E-state index is 10.1. The van der Waals surface area contributed by atoms with Gasteiger partial charge < -0.3 is 14.6 Å². The second-order valence-corrected chi connectivity index (χ2v) is 11.9. The average Bonchev–Trinajstić information content (AvgIpc) is 3.08. The van der Waals surface area contributed by atoms with Crippen LogP contribution in [0.2, 0.25) is 0 Å². The first kappa shape index (κ1) is 33.9. The highest BCUT2D eigenvalue weighted by Gasteiger charge is 2.17. The Morgan fingerprint density at radius 3 is 1.20 bits per heavy atom. The topological polar surface area (TPSA) is 38.7 Å². The third kappa shape index (κ3) is 11.2. The van der Waals surface area contributed by atoms with Crippen LogP contribution in [0.15, 0.2) is 103 Å². The number of hydrogen-bond donors (Lipinski definition) is 1. The molecule has 45 heavy (non-hydrogen) atoms. The summed E-state index contributed by atoms with van der Waals surface area (Å²) in [5.41, 5.74) is 6.60. The summed E-state index contributed by atoms with van der Waals surface area (Å²) < 4.78 is 12.3. The van der Waals surface area contributed by atoms with Crippen LogP contribution in [0, 0.1) is 0 Å². The highest BCUT2D eigenvalue weighted by molar-refractivity contribution is 6.04. The molecule has 0 saturated heterocycles. The van der Waals surface area contributed by atoms with Gasteiger partial charge in [-0.05, 0) is 82.6 Å². The van der Waals surface area contributed by atoms with Crippen molar-refractivity contribution < 1.29 is 14.6 Å². The maximum absolute atomic E-state index is 10.1. The van der Waals surface area contributed by atoms with E-state index in [-0.39, 0.29) is 5.75 Å². The fourth-order valence-electron chi connectivity index (χ4n) is 5.72. The number of aromatic hydroxyl groups is 1. The highest BCUT2D eigenvalue weighted by atomic mass is 16.5. The summed E-state index contributed by atoms with van der Waals surface area (Å²) >= 11 is 0. The van der Waals surface area contributed by atoms with Crippen LogP contribution in [0.1, 0.15) is 113 Å². The number of phenolic OH excluding ortho intramolecular Hbond substituents is 1. The Morgan fingerprint density at radius 1 is 0.422 bits per heavy atom. The van der Waals surface area contributed by atoms with Gasteiger partial charge in [0.2, 0.25) is 0 Å². The molecule has 4 rings (SSSR count). The van der Waals surface area contributed by atoms with Crippen LogP contribution >= 0.6 is 0 Å². The number of benzene rings is 4. The molecule has 3 nitrogen and oxygen atoms in total. The van der Waals surface area contributed by atoms with Gasteiger partial charge in [-0.3, -0.25) is 0 Å². The highest BCUT2D eigenvalue weighted by Crippen LogP contribution is 2.38. The van der Waals surface area contributed by atoms with E-state index in [9.17, 15) is 5.11 Å². The zero-order valence-electron chi connectivity index (χ0n) is 27.5. The fourth-order valence-corrected chi connectivity index (χ4v) is 5.72. The predicted octanol–water partition coefficient (Wildman–Crippen LogP) is 11.9. The van der Waals surface area contributed by atoms with Crippen LogP contribution < -0.4 is 9.47 Å². The Labute approximate surface area is 272 Å². The number of ether oxygens (including phenoxy) is 2. The van der Waals surface area contributed by atoms with Gasteiger partial charge >= 0.3 is 0 Å². The summed E-state index contributed by atoms with van der Waals surface area (Å²) in [5, 5.41) is 10.1. The Kier molecular flexibility index (Phi) is 14.6. The van der Waals surface area contributed by atoms with Crippen LogP contribution in [0.4, 0.5) is 0 Å². The summed E-state index contributed by atoms with van der Waals surface area (Å²) in [6, 6.07) is 35.0. The molecule has 0 heterocycles. The monoisotopic (exact) mass is 604 g/mol. The lowest BCUT2D eigenvalue weighted by atomic mass is 9.85. The Bertz CT molecular complexity index is 1320. The van der Waals surface area contributed by atoms with Crippen LogP contribution in [0.25, 0.3) is 11.1 Å². The Morgan fingerprint density at radius 2 is 0.778 bits per heavy atom. The molecule has 0 bridgehead atoms. The van der Waals surface area contributed by atoms with Crippen molar-refractivity contribution in [3.63, 3.8) is 0 Å². The zero-order valence-corrected chi connectivity index (χ0v) is 27.5. The molecule has 0 aliphatic carbocycles. The number of phenols is 1. The van der Waals surface area contributed by atoms with Crippen LogP contribution in [-0.4, -0.2) is 18.3 Å². The molecule has 0 amide bonds. The van der Waals surface area contributed by atoms with Gasteiger partial charge in [0.25, 0.3) is 0 Å². The maximum Gasteiger partial charge on any atom is 0.119 e. The lowest BCUT2D eigenvalue weighted by Crippen LogP contribution is -2.00. The second-order valence-electron chi connectivity index (χ2n) is 11.9. The average molecular weight is 605 g/mol. The van der Waals surface area contributed by atoms with Gasteiger partial charge in [-0.15, -0.1) is 0 Å². The van der Waals surface area contributed by atoms with Gasteiger partial charge in [-0.25, -0.2) is 0 Å². The van der Waals surface area contributed by atoms with E-state index >= 15 is 0 Å². The van der Waals surface area contributed by atoms with Crippen molar-refractivity contribution in [3.05, 3.63) is 125 Å². The quantitative estimate of drug-likeness (QED) is 0.0805. The summed E-state index contributed by atoms with van der Waals surface area (Å²) in [4.78, 5) is 0. The number of hydrogen-bond acceptors (Lipinski definition) is 3. The van der Waals surface area contributed by atoms with E-state index in [1.165, 1.54) is 64.2 Å². The first-order valence-corrected chi connectivity index (χ1v) is 17.2. The van der Waals surface area contributed by atoms with E-state index in [0.29, 0.717) is 0 Å². The van der Waals surface area contributed by atoms with Gasteiger partial charge in [0.05, 0.1) is 13.2 Å². The molecule has 0 unspecified atom stereocenters. The lowest BCUT2D eigenvalue weighted by Gasteiger charge is -2.19. The summed E-state index contributed by atoms with van der Waals surface area (Å²) in [6.45, 7) is 6.00. The molecule has 4 aromatic carbocycles. The van der Waals surface area contributed by atoms with E-state index in [4.69, 9.17) is 9.47 Å². The van der Waals surface area contributed by atoms with E-state index in [1.54, 1.807) is 12.1 Å². The SMILES string of the molecule is CCCCCCCCOc1ccc(C(=C(c2ccccc2)c2ccc(O)cc2)c2ccc(OCCCCCCCC)cc2)cc1. The third-order valence-corrected chi connectivity index (χ3v) is 8.29. The van der Waals surface area contributed by atoms with Gasteiger partial charge in [0.15, 0.2) is 0 Å². The van der Waals surface area contributed by atoms with Crippen molar-refractivity contribution in [2.75, 3.05) is 13.2 Å². The molecule has 0 aliphatic rings. The standard InChI is InChI=1S/C42H52O3/c1-3-5-7-9-11-16-32-44-39-28-22-36(23-29-39)42(37-24-30-40(31-25-37)45-33-17-12-10-8-6-4-2)41(34-18-14-13-15-19-34)35-20-26-38(43)27-21-35/h13-15,18-31,43H,3-12,16-17,32-33H2,1-2H3. The molecule has 0 atom stereocenters. The van der Waals surface area contributed by atoms with Crippen molar-refractivity contribution in [1.82, 2.24) is 0 Å². The van der Waals surface area contributed by atoms with Crippen molar-refractivity contribution >= 4 is 11.1 Å². The predicted molar refractivity (Wildman–Crippen MR) is 190 cm³/mol. The fraction of sp³-hybridized carbons (Fsp3) is 0.381. The zero-order chi connectivity index (χ0) is 31.5. The lowest BCUT2D eigenvalue weighted by molar-refractivity contribution is 0.304. The largest absolute Gasteiger partial charge is 0.508 e. The molecular formula is C42H52O3. The van der Waals surface area contributed by atoms with Crippen LogP contribution in [0.5, 0.6) is 17.2 Å². The number of unbranched alkanes of at least 4 members (excludes halogenated alkanes) is 10. The van der Waals surface area contributed by atoms with Crippen molar-refractivity contribution in [1.29, 1.82) is 0 Å². The molecule has 0 spiro atoms. The van der Waals surface area contributed by atoms with Crippen LogP contribution in [-0.2, 0) is 0 Å². The molecule has 0 aromatic heterocycles. The van der Waals surface area contributed by atoms with E-state index in [2.05, 4.69) is 86.6 Å². The molecule has 0 aliphatic heterocycles. The van der Waals surface area contributed by atoms with E-state index in [1.807, 2.05) is 18.2 Å². The van der Waals surface area contributed by atoms with Crippen molar-refractivity contribution in [3.8, 4) is 17.2 Å². The first-order valence-electron chi connectivity index (χ1n) is 17.2. The summed E-state index contributed by atoms with van der Waals surface area (Å²) in [6.07, 6.45) is 15.0. The van der Waals surface area contributed by atoms with E-state index in [0.717, 1.165) is 71.0 Å².